The van der Waals surface area contributed by atoms with Gasteiger partial charge in [0, 0.05) is 0 Å². The van der Waals surface area contributed by atoms with E-state index in [0.29, 0.717) is 3.21 Å². The molecule has 0 saturated heterocycles. The van der Waals surface area contributed by atoms with Crippen molar-refractivity contribution < 1.29 is 75.4 Å². The predicted octanol–water partition coefficient (Wildman–Crippen LogP) is 5.74. The van der Waals surface area contributed by atoms with Gasteiger partial charge < -0.3 is 30.9 Å². The zero-order valence-electron chi connectivity index (χ0n) is 26.4. The summed E-state index contributed by atoms with van der Waals surface area (Å²) in [6, 6.07) is 36.5. The Bertz CT molecular complexity index is 2090. The maximum absolute atomic E-state index is 12.7. The standard InChI is InChI=1S/C21H13.C15H8F6.C5H7.2ClH.Zr/c1-2-8-15-14(7-1)13-20-18-11-4-3-9-16(18)17-10-5-6-12-19(17)21(15)20;16-14(17,18)12-5-1-3-10(8-12)7-11-4-2-6-13(9-11)15(19,20)21;1-2-4-5-3-1;;;/h1-10,12H,13H2;1-6,8-9H;1H,2,4-5H2;2*1H;/q-1;;-1;;;+2/p-2. The van der Waals surface area contributed by atoms with Gasteiger partial charge in [0.15, 0.2) is 0 Å². The van der Waals surface area contributed by atoms with Gasteiger partial charge in [-0.05, 0) is 28.5 Å². The maximum Gasteiger partial charge on any atom is -0.0240 e. The summed E-state index contributed by atoms with van der Waals surface area (Å²) >= 11 is 0.729. The molecule has 50 heavy (non-hydrogen) atoms. The second kappa shape index (κ2) is 16.7. The van der Waals surface area contributed by atoms with E-state index in [4.69, 9.17) is 0 Å². The zero-order chi connectivity index (χ0) is 33.9. The van der Waals surface area contributed by atoms with Gasteiger partial charge in [-0.25, -0.2) is 0 Å². The Hall–Kier alpha value is -3.51. The average molecular weight is 797 g/mol. The minimum atomic E-state index is -4.49. The molecular formula is C41H28Cl2F6Zr-2. The van der Waals surface area contributed by atoms with Crippen LogP contribution < -0.4 is 24.8 Å². The Morgan fingerprint density at radius 3 is 1.78 bits per heavy atom. The molecule has 0 fully saturated rings. The first kappa shape index (κ1) is 39.3. The van der Waals surface area contributed by atoms with Gasteiger partial charge in [-0.15, -0.1) is 40.6 Å². The fraction of sp³-hybridized carbons (Fsp3) is 0.146. The first-order valence-electron chi connectivity index (χ1n) is 15.4. The van der Waals surface area contributed by atoms with Crippen LogP contribution in [0.2, 0.25) is 0 Å². The molecule has 8 rings (SSSR count). The Labute approximate surface area is 314 Å². The van der Waals surface area contributed by atoms with Crippen molar-refractivity contribution in [2.24, 2.45) is 0 Å². The van der Waals surface area contributed by atoms with Gasteiger partial charge in [0.05, 0.1) is 0 Å². The third-order valence-electron chi connectivity index (χ3n) is 8.37. The number of benzene rings is 6. The summed E-state index contributed by atoms with van der Waals surface area (Å²) in [7, 11) is 0. The van der Waals surface area contributed by atoms with E-state index in [1.165, 1.54) is 87.3 Å². The van der Waals surface area contributed by atoms with Crippen molar-refractivity contribution in [2.75, 3.05) is 0 Å². The summed E-state index contributed by atoms with van der Waals surface area (Å²) in [6.45, 7) is 0. The van der Waals surface area contributed by atoms with Crippen LogP contribution in [0.3, 0.4) is 0 Å². The van der Waals surface area contributed by atoms with Crippen molar-refractivity contribution in [2.45, 2.75) is 38.0 Å². The molecule has 0 amide bonds. The fourth-order valence-electron chi connectivity index (χ4n) is 6.11. The Balaban J connectivity index is 0.000000190. The van der Waals surface area contributed by atoms with Crippen LogP contribution in [-0.4, -0.2) is 3.21 Å². The smallest absolute Gasteiger partial charge is 0.0240 e. The van der Waals surface area contributed by atoms with Gasteiger partial charge in [-0.3, -0.25) is 6.08 Å². The van der Waals surface area contributed by atoms with Crippen molar-refractivity contribution in [3.8, 4) is 11.1 Å². The van der Waals surface area contributed by atoms with Gasteiger partial charge in [-0.2, -0.15) is 6.42 Å². The largest absolute Gasteiger partial charge is 1.00 e. The molecule has 9 heteroatoms. The van der Waals surface area contributed by atoms with E-state index in [-0.39, 0.29) is 35.9 Å². The number of halogens is 8. The average Bonchev–Trinajstić information content (AvgIpc) is 3.81. The molecule has 0 atom stereocenters. The van der Waals surface area contributed by atoms with Crippen molar-refractivity contribution in [1.29, 1.82) is 0 Å². The molecule has 2 aliphatic carbocycles. The van der Waals surface area contributed by atoms with Crippen LogP contribution in [-0.2, 0) is 43.0 Å². The zero-order valence-corrected chi connectivity index (χ0v) is 30.4. The van der Waals surface area contributed by atoms with Gasteiger partial charge >= 0.3 is 137 Å². The molecule has 6 aromatic carbocycles. The number of rotatable bonds is 2. The minimum Gasteiger partial charge on any atom is -1.00 e. The van der Waals surface area contributed by atoms with Crippen LogP contribution in [0.4, 0.5) is 26.3 Å². The molecule has 0 spiro atoms. The number of alkyl halides is 6. The van der Waals surface area contributed by atoms with Crippen molar-refractivity contribution in [3.63, 3.8) is 0 Å². The number of allylic oxidation sites excluding steroid dienone is 2. The van der Waals surface area contributed by atoms with Crippen molar-refractivity contribution in [1.82, 2.24) is 0 Å². The Kier molecular flexibility index (Phi) is 13.1. The summed E-state index contributed by atoms with van der Waals surface area (Å²) in [6.07, 6.45) is 1.05. The molecule has 0 unspecified atom stereocenters. The van der Waals surface area contributed by atoms with Gasteiger partial charge in [0.1, 0.15) is 0 Å². The molecule has 6 aromatic rings. The molecule has 254 valence electrons. The Morgan fingerprint density at radius 1 is 0.640 bits per heavy atom. The predicted molar refractivity (Wildman–Crippen MR) is 176 cm³/mol. The molecule has 0 aliphatic heterocycles. The third kappa shape index (κ3) is 8.68. The first-order chi connectivity index (χ1) is 23.0. The van der Waals surface area contributed by atoms with E-state index >= 15 is 0 Å². The summed E-state index contributed by atoms with van der Waals surface area (Å²) < 4.78 is 76.7. The monoisotopic (exact) mass is 794 g/mol. The molecule has 0 nitrogen and oxygen atoms in total. The summed E-state index contributed by atoms with van der Waals surface area (Å²) in [4.78, 5) is 0. The van der Waals surface area contributed by atoms with Crippen LogP contribution >= 0.6 is 0 Å². The van der Waals surface area contributed by atoms with Gasteiger partial charge in [0.25, 0.3) is 0 Å². The van der Waals surface area contributed by atoms with E-state index in [1.54, 1.807) is 0 Å². The quantitative estimate of drug-likeness (QED) is 0.119. The molecule has 0 N–H and O–H groups in total. The minimum absolute atomic E-state index is 0. The number of fused-ring (bicyclic) bond motifs is 8. The van der Waals surface area contributed by atoms with Crippen molar-refractivity contribution in [3.05, 3.63) is 167 Å². The fourth-order valence-corrected chi connectivity index (χ4v) is 6.87. The van der Waals surface area contributed by atoms with Gasteiger partial charge in [-0.1, -0.05) is 66.8 Å². The first-order valence-corrected chi connectivity index (χ1v) is 16.7. The Morgan fingerprint density at radius 2 is 1.22 bits per heavy atom. The van der Waals surface area contributed by atoms with E-state index < -0.39 is 23.5 Å². The summed E-state index contributed by atoms with van der Waals surface area (Å²) in [5.74, 6) is 0. The van der Waals surface area contributed by atoms with Crippen LogP contribution in [0, 0.1) is 12.1 Å². The SMILES string of the molecule is FC(F)(F)c1cccc([C](=[Zr+2])c2cccc(C(F)(F)F)c2)c1.[C-]1=CCCC1.[Cl-].[Cl-].[c-]1cccc2c1c1c(c3ccccc32)-c2ccccc2C1. The third-order valence-corrected chi connectivity index (χ3v) is 9.79. The number of hydrogen-bond donors (Lipinski definition) is 0. The molecule has 2 aliphatic rings. The van der Waals surface area contributed by atoms with Crippen LogP contribution in [0.25, 0.3) is 32.7 Å². The topological polar surface area (TPSA) is 0 Å². The van der Waals surface area contributed by atoms with E-state index in [1.807, 2.05) is 6.07 Å². The summed E-state index contributed by atoms with van der Waals surface area (Å²) in [5.41, 5.74) is 4.57. The molecule has 0 aromatic heterocycles. The molecular weight excluding hydrogens is 769 g/mol. The number of hydrogen-bond acceptors (Lipinski definition) is 0. The van der Waals surface area contributed by atoms with E-state index in [9.17, 15) is 26.3 Å². The van der Waals surface area contributed by atoms with Gasteiger partial charge in [0.2, 0.25) is 0 Å². The second-order valence-corrected chi connectivity index (χ2v) is 12.8. The van der Waals surface area contributed by atoms with Crippen molar-refractivity contribution >= 4 is 24.8 Å². The normalized spacial score (nSPS) is 12.8. The van der Waals surface area contributed by atoms with Crippen LogP contribution in [0.1, 0.15) is 52.6 Å². The molecule has 0 radical (unpaired) electrons. The van der Waals surface area contributed by atoms with E-state index in [0.717, 1.165) is 54.9 Å². The molecule has 0 saturated carbocycles. The summed E-state index contributed by atoms with van der Waals surface area (Å²) in [5, 5.41) is 5.30. The van der Waals surface area contributed by atoms with Crippen LogP contribution in [0.5, 0.6) is 0 Å². The van der Waals surface area contributed by atoms with E-state index in [2.05, 4.69) is 78.9 Å². The molecule has 0 heterocycles. The second-order valence-electron chi connectivity index (χ2n) is 11.5. The van der Waals surface area contributed by atoms with Crippen LogP contribution in [0.15, 0.2) is 121 Å². The molecule has 0 bridgehead atoms. The maximum atomic E-state index is 12.7.